The van der Waals surface area contributed by atoms with Gasteiger partial charge in [0.05, 0.1) is 6.54 Å². The van der Waals surface area contributed by atoms with E-state index in [-0.39, 0.29) is 6.61 Å². The van der Waals surface area contributed by atoms with Gasteiger partial charge in [-0.05, 0) is 12.1 Å². The first-order valence-electron chi connectivity index (χ1n) is 4.76. The maximum absolute atomic E-state index is 9.07. The minimum atomic E-state index is -0.102. The average molecular weight is 257 g/mol. The molecule has 0 aliphatic rings. The summed E-state index contributed by atoms with van der Waals surface area (Å²) in [6.45, 7) is 0.406. The van der Waals surface area contributed by atoms with Crippen molar-refractivity contribution in [2.24, 2.45) is 0 Å². The summed E-state index contributed by atoms with van der Waals surface area (Å²) in [7, 11) is 0. The fraction of sp³-hybridized carbons (Fsp3) is 0.182. The van der Waals surface area contributed by atoms with Gasteiger partial charge < -0.3 is 9.67 Å². The zero-order valence-corrected chi connectivity index (χ0v) is 9.91. The van der Waals surface area contributed by atoms with E-state index in [1.807, 2.05) is 4.57 Å². The van der Waals surface area contributed by atoms with Crippen LogP contribution in [0, 0.1) is 0 Å². The molecule has 0 spiro atoms. The molecule has 0 unspecified atom stereocenters. The van der Waals surface area contributed by atoms with E-state index < -0.39 is 0 Å². The normalized spacial score (nSPS) is 10.7. The molecular formula is C11H10Cl2N2O. The summed E-state index contributed by atoms with van der Waals surface area (Å²) in [5.41, 5.74) is 0.832. The van der Waals surface area contributed by atoms with Crippen LogP contribution in [0.1, 0.15) is 11.4 Å². The monoisotopic (exact) mass is 256 g/mol. The second-order valence-electron chi connectivity index (χ2n) is 3.33. The lowest BCUT2D eigenvalue weighted by atomic mass is 10.2. The highest BCUT2D eigenvalue weighted by atomic mass is 35.5. The largest absolute Gasteiger partial charge is 0.388 e. The zero-order valence-electron chi connectivity index (χ0n) is 8.40. The number of hydrogen-bond acceptors (Lipinski definition) is 2. The van der Waals surface area contributed by atoms with Crippen molar-refractivity contribution in [1.82, 2.24) is 9.55 Å². The molecule has 0 atom stereocenters. The molecule has 3 nitrogen and oxygen atoms in total. The maximum Gasteiger partial charge on any atom is 0.134 e. The molecule has 2 rings (SSSR count). The Morgan fingerprint density at radius 3 is 2.56 bits per heavy atom. The van der Waals surface area contributed by atoms with Gasteiger partial charge in [-0.2, -0.15) is 0 Å². The Hall–Kier alpha value is -1.03. The quantitative estimate of drug-likeness (QED) is 0.918. The van der Waals surface area contributed by atoms with Crippen molar-refractivity contribution in [2.45, 2.75) is 13.2 Å². The number of imidazole rings is 1. The van der Waals surface area contributed by atoms with E-state index in [9.17, 15) is 0 Å². The maximum atomic E-state index is 9.07. The van der Waals surface area contributed by atoms with Crippen LogP contribution in [-0.2, 0) is 13.2 Å². The number of hydrogen-bond donors (Lipinski definition) is 1. The predicted molar refractivity (Wildman–Crippen MR) is 63.7 cm³/mol. The molecule has 1 aromatic carbocycles. The molecule has 0 saturated carbocycles. The molecule has 0 aliphatic heterocycles. The molecule has 16 heavy (non-hydrogen) atoms. The molecule has 0 aliphatic carbocycles. The van der Waals surface area contributed by atoms with Gasteiger partial charge in [0.2, 0.25) is 0 Å². The molecule has 0 radical (unpaired) electrons. The van der Waals surface area contributed by atoms with Gasteiger partial charge in [0, 0.05) is 28.0 Å². The van der Waals surface area contributed by atoms with E-state index in [2.05, 4.69) is 4.98 Å². The van der Waals surface area contributed by atoms with Crippen LogP contribution in [0.15, 0.2) is 30.6 Å². The number of aliphatic hydroxyl groups is 1. The number of nitrogens with zero attached hydrogens (tertiary/aromatic N) is 2. The Kier molecular flexibility index (Phi) is 3.49. The molecule has 2 aromatic rings. The first-order chi connectivity index (χ1) is 7.72. The van der Waals surface area contributed by atoms with Crippen molar-refractivity contribution < 1.29 is 5.11 Å². The fourth-order valence-electron chi connectivity index (χ4n) is 1.49. The lowest BCUT2D eigenvalue weighted by Gasteiger charge is -2.09. The summed E-state index contributed by atoms with van der Waals surface area (Å²) < 4.78 is 1.81. The van der Waals surface area contributed by atoms with Crippen LogP contribution >= 0.6 is 23.2 Å². The number of rotatable bonds is 3. The summed E-state index contributed by atoms with van der Waals surface area (Å²) in [6.07, 6.45) is 3.42. The summed E-state index contributed by atoms with van der Waals surface area (Å²) >= 11 is 12.1. The van der Waals surface area contributed by atoms with Gasteiger partial charge in [0.25, 0.3) is 0 Å². The summed E-state index contributed by atoms with van der Waals surface area (Å²) in [6, 6.07) is 5.38. The second kappa shape index (κ2) is 4.87. The van der Waals surface area contributed by atoms with Crippen molar-refractivity contribution >= 4 is 23.2 Å². The van der Waals surface area contributed by atoms with Crippen LogP contribution < -0.4 is 0 Å². The van der Waals surface area contributed by atoms with Crippen molar-refractivity contribution in [1.29, 1.82) is 0 Å². The Bertz CT molecular complexity index is 476. The van der Waals surface area contributed by atoms with Crippen molar-refractivity contribution in [2.75, 3.05) is 0 Å². The number of aliphatic hydroxyl groups excluding tert-OH is 1. The number of benzene rings is 1. The highest BCUT2D eigenvalue weighted by Crippen LogP contribution is 2.25. The van der Waals surface area contributed by atoms with Crippen LogP contribution in [-0.4, -0.2) is 14.7 Å². The molecule has 1 N–H and O–H groups in total. The Labute approximate surface area is 103 Å². The molecule has 84 valence electrons. The van der Waals surface area contributed by atoms with E-state index in [1.165, 1.54) is 0 Å². The average Bonchev–Trinajstić information content (AvgIpc) is 2.71. The fourth-order valence-corrected chi connectivity index (χ4v) is 2.01. The molecule has 0 fully saturated rings. The van der Waals surface area contributed by atoms with E-state index >= 15 is 0 Å². The Balaban J connectivity index is 2.34. The van der Waals surface area contributed by atoms with Crippen molar-refractivity contribution in [3.8, 4) is 0 Å². The topological polar surface area (TPSA) is 38.1 Å². The lowest BCUT2D eigenvalue weighted by molar-refractivity contribution is 0.266. The third-order valence-corrected chi connectivity index (χ3v) is 3.04. The Morgan fingerprint density at radius 2 is 1.94 bits per heavy atom. The van der Waals surface area contributed by atoms with E-state index in [0.29, 0.717) is 22.4 Å². The van der Waals surface area contributed by atoms with Crippen molar-refractivity contribution in [3.63, 3.8) is 0 Å². The van der Waals surface area contributed by atoms with Gasteiger partial charge in [-0.15, -0.1) is 0 Å². The van der Waals surface area contributed by atoms with Crippen LogP contribution in [0.4, 0.5) is 0 Å². The highest BCUT2D eigenvalue weighted by Gasteiger charge is 2.08. The third kappa shape index (κ3) is 2.21. The summed E-state index contributed by atoms with van der Waals surface area (Å²) in [4.78, 5) is 4.02. The smallest absolute Gasteiger partial charge is 0.134 e. The van der Waals surface area contributed by atoms with Gasteiger partial charge in [-0.1, -0.05) is 29.3 Å². The van der Waals surface area contributed by atoms with Gasteiger partial charge in [-0.25, -0.2) is 4.98 Å². The molecule has 0 bridgehead atoms. The van der Waals surface area contributed by atoms with Gasteiger partial charge in [-0.3, -0.25) is 0 Å². The lowest BCUT2D eigenvalue weighted by Crippen LogP contribution is -2.05. The van der Waals surface area contributed by atoms with Gasteiger partial charge >= 0.3 is 0 Å². The molecule has 1 heterocycles. The summed E-state index contributed by atoms with van der Waals surface area (Å²) in [5.74, 6) is 0.594. The highest BCUT2D eigenvalue weighted by molar-refractivity contribution is 6.35. The number of aromatic nitrogens is 2. The van der Waals surface area contributed by atoms with Crippen LogP contribution in [0.3, 0.4) is 0 Å². The first-order valence-corrected chi connectivity index (χ1v) is 5.51. The Morgan fingerprint density at radius 1 is 1.25 bits per heavy atom. The molecule has 0 saturated heterocycles. The minimum Gasteiger partial charge on any atom is -0.388 e. The summed E-state index contributed by atoms with van der Waals surface area (Å²) in [5, 5.41) is 10.3. The van der Waals surface area contributed by atoms with Crippen LogP contribution in [0.5, 0.6) is 0 Å². The first kappa shape index (κ1) is 11.5. The minimum absolute atomic E-state index is 0.102. The predicted octanol–water partition coefficient (Wildman–Crippen LogP) is 2.73. The van der Waals surface area contributed by atoms with Gasteiger partial charge in [0.1, 0.15) is 12.4 Å². The zero-order chi connectivity index (χ0) is 11.5. The van der Waals surface area contributed by atoms with E-state index in [0.717, 1.165) is 5.56 Å². The SMILES string of the molecule is OCc1nccn1Cc1c(Cl)cccc1Cl. The van der Waals surface area contributed by atoms with E-state index in [4.69, 9.17) is 28.3 Å². The standard InChI is InChI=1S/C11H10Cl2N2O/c12-9-2-1-3-10(13)8(9)6-15-5-4-14-11(15)7-16/h1-5,16H,6-7H2. The molecular weight excluding hydrogens is 247 g/mol. The van der Waals surface area contributed by atoms with Crippen LogP contribution in [0.2, 0.25) is 10.0 Å². The molecule has 1 aromatic heterocycles. The third-order valence-electron chi connectivity index (χ3n) is 2.33. The second-order valence-corrected chi connectivity index (χ2v) is 4.14. The van der Waals surface area contributed by atoms with Crippen LogP contribution in [0.25, 0.3) is 0 Å². The van der Waals surface area contributed by atoms with E-state index in [1.54, 1.807) is 30.6 Å². The molecule has 5 heteroatoms. The van der Waals surface area contributed by atoms with Gasteiger partial charge in [0.15, 0.2) is 0 Å². The molecule has 0 amide bonds. The van der Waals surface area contributed by atoms with Crippen molar-refractivity contribution in [3.05, 3.63) is 52.0 Å². The number of halogens is 2.